The summed E-state index contributed by atoms with van der Waals surface area (Å²) in [5, 5.41) is 17.1. The third-order valence-electron chi connectivity index (χ3n) is 4.91. The number of methoxy groups -OCH3 is 1. The molecule has 8 heteroatoms. The van der Waals surface area contributed by atoms with Crippen LogP contribution in [0.2, 0.25) is 0 Å². The molecule has 146 valence electrons. The average molecular weight is 406 g/mol. The first-order valence-corrected chi connectivity index (χ1v) is 9.67. The number of nitrogens with one attached hydrogen (secondary N) is 1. The van der Waals surface area contributed by atoms with Gasteiger partial charge in [0.2, 0.25) is 11.8 Å². The van der Waals surface area contributed by atoms with E-state index in [2.05, 4.69) is 22.3 Å². The minimum atomic E-state index is -0.469. The fourth-order valence-electron chi connectivity index (χ4n) is 3.59. The van der Waals surface area contributed by atoms with Crippen molar-refractivity contribution in [2.45, 2.75) is 19.8 Å². The summed E-state index contributed by atoms with van der Waals surface area (Å²) in [6, 6.07) is 11.2. The van der Waals surface area contributed by atoms with Gasteiger partial charge >= 0.3 is 5.97 Å². The number of hydrogen-bond acceptors (Lipinski definition) is 7. The van der Waals surface area contributed by atoms with E-state index in [9.17, 15) is 10.1 Å². The molecule has 1 aromatic carbocycles. The van der Waals surface area contributed by atoms with Crippen LogP contribution < -0.4 is 10.5 Å². The zero-order chi connectivity index (χ0) is 20.7. The Morgan fingerprint density at radius 2 is 2.07 bits per heavy atom. The van der Waals surface area contributed by atoms with Gasteiger partial charge in [-0.3, -0.25) is 5.10 Å². The number of carbonyl (C=O) groups excluding carboxylic acids is 1. The molecule has 7 nitrogen and oxygen atoms in total. The molecule has 3 N–H and O–H groups in total. The van der Waals surface area contributed by atoms with E-state index in [1.165, 1.54) is 12.0 Å². The van der Waals surface area contributed by atoms with Crippen LogP contribution in [0.1, 0.15) is 37.2 Å². The number of H-pyrrole nitrogens is 1. The van der Waals surface area contributed by atoms with Crippen LogP contribution in [0.15, 0.2) is 41.8 Å². The summed E-state index contributed by atoms with van der Waals surface area (Å²) in [5.74, 6) is -0.517. The Balaban J connectivity index is 1.90. The molecule has 0 aliphatic carbocycles. The summed E-state index contributed by atoms with van der Waals surface area (Å²) in [6.07, 6.45) is 0. The van der Waals surface area contributed by atoms with E-state index < -0.39 is 11.9 Å². The lowest BCUT2D eigenvalue weighted by atomic mass is 9.83. The molecular weight excluding hydrogens is 388 g/mol. The maximum atomic E-state index is 11.8. The lowest BCUT2D eigenvalue weighted by molar-refractivity contribution is 0.0600. The largest absolute Gasteiger partial charge is 0.465 e. The summed E-state index contributed by atoms with van der Waals surface area (Å²) in [6.45, 7) is 4.08. The molecule has 0 bridgehead atoms. The maximum Gasteiger partial charge on any atom is 0.337 e. The Morgan fingerprint density at radius 1 is 1.34 bits per heavy atom. The SMILES string of the molecule is COC(=O)c1ccc(C2C(C#N)=C(N)Oc3n[nH]c(-c4cc(C)sc4C)c32)cc1. The van der Waals surface area contributed by atoms with Crippen molar-refractivity contribution in [3.05, 3.63) is 68.2 Å². The number of ether oxygens (including phenoxy) is 2. The lowest BCUT2D eigenvalue weighted by Crippen LogP contribution is -2.21. The smallest absolute Gasteiger partial charge is 0.337 e. The van der Waals surface area contributed by atoms with Gasteiger partial charge in [0.15, 0.2) is 0 Å². The molecule has 29 heavy (non-hydrogen) atoms. The number of carbonyl (C=O) groups is 1. The number of nitriles is 1. The summed E-state index contributed by atoms with van der Waals surface area (Å²) in [7, 11) is 1.33. The zero-order valence-electron chi connectivity index (χ0n) is 16.1. The Morgan fingerprint density at radius 3 is 2.66 bits per heavy atom. The van der Waals surface area contributed by atoms with Gasteiger partial charge in [0.05, 0.1) is 29.8 Å². The van der Waals surface area contributed by atoms with Gasteiger partial charge in [-0.2, -0.15) is 5.26 Å². The standard InChI is InChI=1S/C21H18N4O3S/c1-10-8-14(11(2)29-10)18-17-16(12-4-6-13(7-5-12)21(26)27-3)15(9-22)19(23)28-20(17)25-24-18/h4-8,16H,23H2,1-3H3,(H,24,25). The average Bonchev–Trinajstić information content (AvgIpc) is 3.28. The van der Waals surface area contributed by atoms with E-state index in [1.54, 1.807) is 35.6 Å². The van der Waals surface area contributed by atoms with Crippen molar-refractivity contribution in [2.24, 2.45) is 5.73 Å². The fraction of sp³-hybridized carbons (Fsp3) is 0.190. The molecule has 0 fully saturated rings. The minimum Gasteiger partial charge on any atom is -0.465 e. The number of aromatic nitrogens is 2. The second-order valence-corrected chi connectivity index (χ2v) is 8.14. The van der Waals surface area contributed by atoms with Gasteiger partial charge in [0, 0.05) is 15.3 Å². The van der Waals surface area contributed by atoms with Gasteiger partial charge in [-0.25, -0.2) is 4.79 Å². The molecule has 0 saturated carbocycles. The molecule has 3 heterocycles. The first-order chi connectivity index (χ1) is 13.9. The first-order valence-electron chi connectivity index (χ1n) is 8.86. The van der Waals surface area contributed by atoms with E-state index >= 15 is 0 Å². The second-order valence-electron chi connectivity index (χ2n) is 6.68. The van der Waals surface area contributed by atoms with Crippen LogP contribution in [-0.4, -0.2) is 23.3 Å². The van der Waals surface area contributed by atoms with Gasteiger partial charge < -0.3 is 15.2 Å². The monoisotopic (exact) mass is 406 g/mol. The van der Waals surface area contributed by atoms with Gasteiger partial charge in [-0.05, 0) is 37.6 Å². The molecule has 0 amide bonds. The highest BCUT2D eigenvalue weighted by Gasteiger charge is 2.36. The van der Waals surface area contributed by atoms with Crippen LogP contribution in [0, 0.1) is 25.2 Å². The van der Waals surface area contributed by atoms with Crippen LogP contribution in [-0.2, 0) is 4.74 Å². The van der Waals surface area contributed by atoms with Gasteiger partial charge in [-0.15, -0.1) is 16.4 Å². The molecule has 0 radical (unpaired) electrons. The number of aromatic amines is 1. The molecule has 2 aromatic heterocycles. The molecule has 4 rings (SSSR count). The van der Waals surface area contributed by atoms with Crippen molar-refractivity contribution in [1.82, 2.24) is 10.2 Å². The third kappa shape index (κ3) is 3.05. The number of rotatable bonds is 3. The Bertz CT molecular complexity index is 1180. The molecular formula is C21H18N4O3S. The van der Waals surface area contributed by atoms with Crippen LogP contribution in [0.4, 0.5) is 0 Å². The quantitative estimate of drug-likeness (QED) is 0.640. The van der Waals surface area contributed by atoms with Gasteiger partial charge in [-0.1, -0.05) is 12.1 Å². The third-order valence-corrected chi connectivity index (χ3v) is 5.88. The van der Waals surface area contributed by atoms with Gasteiger partial charge in [0.25, 0.3) is 0 Å². The Labute approximate surface area is 171 Å². The number of thiophene rings is 1. The molecule has 1 atom stereocenters. The maximum absolute atomic E-state index is 11.8. The van der Waals surface area contributed by atoms with E-state index in [1.807, 2.05) is 13.8 Å². The number of esters is 1. The molecule has 1 aliphatic heterocycles. The highest BCUT2D eigenvalue weighted by atomic mass is 32.1. The summed E-state index contributed by atoms with van der Waals surface area (Å²) in [5.41, 5.74) is 10.1. The summed E-state index contributed by atoms with van der Waals surface area (Å²) >= 11 is 1.69. The zero-order valence-corrected chi connectivity index (χ0v) is 16.9. The van der Waals surface area contributed by atoms with E-state index in [-0.39, 0.29) is 5.88 Å². The molecule has 0 saturated heterocycles. The fourth-order valence-corrected chi connectivity index (χ4v) is 4.52. The second kappa shape index (κ2) is 7.11. The van der Waals surface area contributed by atoms with Crippen molar-refractivity contribution in [1.29, 1.82) is 5.26 Å². The van der Waals surface area contributed by atoms with Crippen molar-refractivity contribution in [3.63, 3.8) is 0 Å². The Hall–Kier alpha value is -3.57. The number of allylic oxidation sites excluding steroid dienone is 1. The van der Waals surface area contributed by atoms with E-state index in [0.717, 1.165) is 27.3 Å². The van der Waals surface area contributed by atoms with Crippen molar-refractivity contribution >= 4 is 17.3 Å². The molecule has 0 spiro atoms. The predicted molar refractivity (Wildman–Crippen MR) is 108 cm³/mol. The highest BCUT2D eigenvalue weighted by Crippen LogP contribution is 2.46. The number of benzene rings is 1. The number of nitrogens with zero attached hydrogens (tertiary/aromatic N) is 2. The van der Waals surface area contributed by atoms with Crippen molar-refractivity contribution < 1.29 is 14.3 Å². The van der Waals surface area contributed by atoms with Crippen molar-refractivity contribution in [3.8, 4) is 23.2 Å². The highest BCUT2D eigenvalue weighted by molar-refractivity contribution is 7.12. The number of nitrogens with two attached hydrogens (primary N) is 1. The first kappa shape index (κ1) is 18.8. The minimum absolute atomic E-state index is 0.0262. The summed E-state index contributed by atoms with van der Waals surface area (Å²) in [4.78, 5) is 14.1. The van der Waals surface area contributed by atoms with Gasteiger partial charge in [0.1, 0.15) is 11.6 Å². The molecule has 3 aromatic rings. The van der Waals surface area contributed by atoms with E-state index in [0.29, 0.717) is 17.0 Å². The number of fused-ring (bicyclic) bond motifs is 1. The van der Waals surface area contributed by atoms with Crippen LogP contribution in [0.3, 0.4) is 0 Å². The lowest BCUT2D eigenvalue weighted by Gasteiger charge is -2.24. The number of hydrogen-bond donors (Lipinski definition) is 2. The van der Waals surface area contributed by atoms with E-state index in [4.69, 9.17) is 15.2 Å². The molecule has 1 unspecified atom stereocenters. The summed E-state index contributed by atoms with van der Waals surface area (Å²) < 4.78 is 10.4. The molecule has 1 aliphatic rings. The Kier molecular flexibility index (Phi) is 4.60. The number of aryl methyl sites for hydroxylation is 2. The topological polar surface area (TPSA) is 114 Å². The van der Waals surface area contributed by atoms with Crippen LogP contribution in [0.25, 0.3) is 11.3 Å². The van der Waals surface area contributed by atoms with Crippen molar-refractivity contribution in [2.75, 3.05) is 7.11 Å². The van der Waals surface area contributed by atoms with Crippen LogP contribution in [0.5, 0.6) is 5.88 Å². The van der Waals surface area contributed by atoms with Crippen LogP contribution >= 0.6 is 11.3 Å². The predicted octanol–water partition coefficient (Wildman–Crippen LogP) is 3.76. The normalized spacial score (nSPS) is 15.4.